The van der Waals surface area contributed by atoms with Crippen LogP contribution in [-0.2, 0) is 10.8 Å². The minimum atomic E-state index is -0.788. The van der Waals surface area contributed by atoms with E-state index < -0.39 is 10.8 Å². The second-order valence-electron chi connectivity index (χ2n) is 5.52. The van der Waals surface area contributed by atoms with Crippen molar-refractivity contribution in [1.82, 2.24) is 5.32 Å². The monoisotopic (exact) mass is 281 g/mol. The van der Waals surface area contributed by atoms with E-state index >= 15 is 0 Å². The van der Waals surface area contributed by atoms with Crippen molar-refractivity contribution in [2.45, 2.75) is 52.8 Å². The molecule has 0 radical (unpaired) electrons. The van der Waals surface area contributed by atoms with Gasteiger partial charge in [-0.2, -0.15) is 0 Å². The summed E-state index contributed by atoms with van der Waals surface area (Å²) in [6, 6.07) is 4.62. The Labute approximate surface area is 120 Å². The summed E-state index contributed by atoms with van der Waals surface area (Å²) in [7, 11) is -0.788. The van der Waals surface area contributed by atoms with Gasteiger partial charge in [-0.05, 0) is 44.0 Å². The average Bonchev–Trinajstić information content (AvgIpc) is 2.27. The first-order valence-electron chi connectivity index (χ1n) is 7.05. The zero-order chi connectivity index (χ0) is 14.6. The van der Waals surface area contributed by atoms with Gasteiger partial charge in [0.05, 0.1) is 0 Å². The molecule has 0 fully saturated rings. The van der Waals surface area contributed by atoms with Gasteiger partial charge in [0.25, 0.3) is 0 Å². The van der Waals surface area contributed by atoms with Crippen LogP contribution in [0.2, 0.25) is 0 Å². The summed E-state index contributed by atoms with van der Waals surface area (Å²) < 4.78 is 12.2. The van der Waals surface area contributed by atoms with Crippen LogP contribution in [0.5, 0.6) is 0 Å². The van der Waals surface area contributed by atoms with Crippen LogP contribution in [0.3, 0.4) is 0 Å². The molecule has 0 aromatic heterocycles. The first kappa shape index (κ1) is 16.4. The summed E-state index contributed by atoms with van der Waals surface area (Å²) in [5.74, 6) is 0.691. The molecule has 108 valence electrons. The van der Waals surface area contributed by atoms with Crippen LogP contribution < -0.4 is 5.32 Å². The Bertz CT molecular complexity index is 431. The van der Waals surface area contributed by atoms with Crippen molar-refractivity contribution < 1.29 is 4.21 Å². The van der Waals surface area contributed by atoms with Gasteiger partial charge in [0, 0.05) is 27.8 Å². The van der Waals surface area contributed by atoms with Gasteiger partial charge in [-0.1, -0.05) is 38.5 Å². The van der Waals surface area contributed by atoms with E-state index in [4.69, 9.17) is 0 Å². The van der Waals surface area contributed by atoms with Gasteiger partial charge in [0.2, 0.25) is 0 Å². The number of rotatable bonds is 6. The second kappa shape index (κ2) is 7.20. The third-order valence-corrected chi connectivity index (χ3v) is 5.11. The lowest BCUT2D eigenvalue weighted by Gasteiger charge is -2.23. The van der Waals surface area contributed by atoms with Crippen LogP contribution >= 0.6 is 0 Å². The maximum Gasteiger partial charge on any atom is 0.0442 e. The van der Waals surface area contributed by atoms with Crippen molar-refractivity contribution in [3.63, 3.8) is 0 Å². The van der Waals surface area contributed by atoms with E-state index in [-0.39, 0.29) is 11.3 Å². The van der Waals surface area contributed by atoms with Crippen LogP contribution in [0, 0.1) is 20.8 Å². The minimum absolute atomic E-state index is 0.189. The highest BCUT2D eigenvalue weighted by Gasteiger charge is 2.19. The summed E-state index contributed by atoms with van der Waals surface area (Å²) in [4.78, 5) is 0. The molecule has 0 aliphatic rings. The fourth-order valence-electron chi connectivity index (χ4n) is 2.59. The van der Waals surface area contributed by atoms with E-state index in [1.54, 1.807) is 0 Å². The van der Waals surface area contributed by atoms with Crippen molar-refractivity contribution in [1.29, 1.82) is 0 Å². The van der Waals surface area contributed by atoms with Gasteiger partial charge in [-0.25, -0.2) is 0 Å². The predicted molar refractivity (Wildman–Crippen MR) is 85.2 cm³/mol. The van der Waals surface area contributed by atoms with Crippen molar-refractivity contribution in [2.75, 3.05) is 12.3 Å². The molecule has 19 heavy (non-hydrogen) atoms. The summed E-state index contributed by atoms with van der Waals surface area (Å²) in [5.41, 5.74) is 5.20. The van der Waals surface area contributed by atoms with Crippen molar-refractivity contribution in [3.8, 4) is 0 Å². The molecule has 0 saturated carbocycles. The normalized spacial score (nSPS) is 14.7. The molecule has 3 heteroatoms. The van der Waals surface area contributed by atoms with E-state index in [2.05, 4.69) is 45.1 Å². The number of benzene rings is 1. The molecule has 0 amide bonds. The highest BCUT2D eigenvalue weighted by molar-refractivity contribution is 7.85. The Morgan fingerprint density at radius 1 is 1.16 bits per heavy atom. The van der Waals surface area contributed by atoms with E-state index in [9.17, 15) is 4.21 Å². The highest BCUT2D eigenvalue weighted by Crippen LogP contribution is 2.25. The van der Waals surface area contributed by atoms with Gasteiger partial charge in [0.1, 0.15) is 0 Å². The smallest absolute Gasteiger partial charge is 0.0442 e. The maximum absolute atomic E-state index is 12.2. The van der Waals surface area contributed by atoms with Crippen LogP contribution in [0.15, 0.2) is 12.1 Å². The van der Waals surface area contributed by atoms with E-state index in [0.717, 1.165) is 6.54 Å². The highest BCUT2D eigenvalue weighted by atomic mass is 32.2. The van der Waals surface area contributed by atoms with Crippen LogP contribution in [-0.4, -0.2) is 21.8 Å². The third-order valence-electron chi connectivity index (χ3n) is 3.39. The molecular weight excluding hydrogens is 254 g/mol. The summed E-state index contributed by atoms with van der Waals surface area (Å²) in [5, 5.41) is 3.71. The first-order chi connectivity index (χ1) is 8.86. The molecule has 1 N–H and O–H groups in total. The van der Waals surface area contributed by atoms with Crippen LogP contribution in [0.1, 0.15) is 49.1 Å². The Morgan fingerprint density at radius 3 is 2.11 bits per heavy atom. The van der Waals surface area contributed by atoms with Crippen LogP contribution in [0.4, 0.5) is 0 Å². The molecular formula is C16H27NOS. The van der Waals surface area contributed by atoms with E-state index in [0.29, 0.717) is 5.75 Å². The second-order valence-corrected chi connectivity index (χ2v) is 7.56. The first-order valence-corrected chi connectivity index (χ1v) is 8.43. The molecule has 2 atom stereocenters. The Balaban J connectivity index is 3.09. The van der Waals surface area contributed by atoms with E-state index in [1.165, 1.54) is 22.3 Å². The molecule has 1 aromatic rings. The molecule has 2 nitrogen and oxygen atoms in total. The van der Waals surface area contributed by atoms with E-state index in [1.807, 2.05) is 13.8 Å². The summed E-state index contributed by atoms with van der Waals surface area (Å²) >= 11 is 0. The molecule has 1 aromatic carbocycles. The van der Waals surface area contributed by atoms with Crippen molar-refractivity contribution in [2.24, 2.45) is 0 Å². The molecule has 0 saturated heterocycles. The Kier molecular flexibility index (Phi) is 6.21. The Morgan fingerprint density at radius 2 is 1.68 bits per heavy atom. The third kappa shape index (κ3) is 4.43. The lowest BCUT2D eigenvalue weighted by Crippen LogP contribution is -2.29. The molecule has 1 rings (SSSR count). The van der Waals surface area contributed by atoms with Gasteiger partial charge < -0.3 is 5.32 Å². The number of hydrogen-bond donors (Lipinski definition) is 1. The average molecular weight is 281 g/mol. The SMILES string of the molecule is CCNC(CS(=O)C(C)C)c1c(C)cc(C)cc1C. The standard InChI is InChI=1S/C16H27NOS/c1-7-17-15(10-19(18)11(2)3)16-13(5)8-12(4)9-14(16)6/h8-9,11,15,17H,7,10H2,1-6H3. The molecule has 0 heterocycles. The summed E-state index contributed by atoms with van der Waals surface area (Å²) in [6.07, 6.45) is 0. The fourth-order valence-corrected chi connectivity index (χ4v) is 3.59. The van der Waals surface area contributed by atoms with Gasteiger partial charge in [0.15, 0.2) is 0 Å². The quantitative estimate of drug-likeness (QED) is 0.865. The van der Waals surface area contributed by atoms with Crippen molar-refractivity contribution >= 4 is 10.8 Å². The van der Waals surface area contributed by atoms with Gasteiger partial charge in [-0.3, -0.25) is 4.21 Å². The zero-order valence-electron chi connectivity index (χ0n) is 13.0. The minimum Gasteiger partial charge on any atom is -0.309 e. The molecule has 0 aliphatic carbocycles. The lowest BCUT2D eigenvalue weighted by atomic mass is 9.95. The molecule has 0 bridgehead atoms. The topological polar surface area (TPSA) is 29.1 Å². The number of nitrogens with one attached hydrogen (secondary N) is 1. The number of aryl methyl sites for hydroxylation is 3. The van der Waals surface area contributed by atoms with Gasteiger partial charge in [-0.15, -0.1) is 0 Å². The van der Waals surface area contributed by atoms with Crippen LogP contribution in [0.25, 0.3) is 0 Å². The van der Waals surface area contributed by atoms with Gasteiger partial charge >= 0.3 is 0 Å². The maximum atomic E-state index is 12.2. The summed E-state index contributed by atoms with van der Waals surface area (Å²) in [6.45, 7) is 13.5. The predicted octanol–water partition coefficient (Wildman–Crippen LogP) is 3.42. The van der Waals surface area contributed by atoms with Crippen molar-refractivity contribution in [3.05, 3.63) is 34.4 Å². The molecule has 0 aliphatic heterocycles. The number of hydrogen-bond acceptors (Lipinski definition) is 2. The largest absolute Gasteiger partial charge is 0.309 e. The fraction of sp³-hybridized carbons (Fsp3) is 0.625. The Hall–Kier alpha value is -0.670. The molecule has 2 unspecified atom stereocenters. The zero-order valence-corrected chi connectivity index (χ0v) is 13.9. The lowest BCUT2D eigenvalue weighted by molar-refractivity contribution is 0.587. The molecule has 0 spiro atoms.